The van der Waals surface area contributed by atoms with Crippen LogP contribution in [0, 0.1) is 55.4 Å². The second-order valence-corrected chi connectivity index (χ2v) is 24.5. The third kappa shape index (κ3) is 29.6. The average molecular weight is 1690 g/mol. The number of para-hydroxylation sites is 4. The minimum Gasteiger partial charge on any atom is -0.479 e. The topological polar surface area (TPSA) is 47.1 Å². The van der Waals surface area contributed by atoms with Crippen LogP contribution in [0.2, 0.25) is 0 Å². The average Bonchev–Trinajstić information content (AvgIpc) is 1.56. The summed E-state index contributed by atoms with van der Waals surface area (Å²) in [6.07, 6.45) is 15.7. The molecule has 2 aliphatic heterocycles. The summed E-state index contributed by atoms with van der Waals surface area (Å²) in [6, 6.07) is 41.8. The maximum atomic E-state index is 10.9. The molecule has 0 fully saturated rings. The number of Topliss-reactive ketones (excluding diaryl/α,β-unsaturated/α-hetero) is 2. The van der Waals surface area contributed by atoms with E-state index in [9.17, 15) is 35.9 Å². The molecule has 6 aromatic carbocycles. The van der Waals surface area contributed by atoms with Crippen LogP contribution < -0.4 is 19.6 Å². The molecule has 2 heterocycles. The zero-order chi connectivity index (χ0) is 69.7. The van der Waals surface area contributed by atoms with Crippen molar-refractivity contribution in [2.45, 2.75) is 172 Å². The SMILES string of the molecule is C=C[CH2-].C=Cc1ccc(C(C)=O)cc1.CC(C)c1cccc(C(C)C)c1N1C=CN(c2c(C(C)C)cccc2C(C)C)[CH-]1.CC(C)c1cccc(C(C)C)c1N1C=CN(c2c(C(C)C)cccc2C(C)C)[CH-]1.F[C-](F)F.F[C-](F)F.[Au].[Au].[CH2-]/C=C/c1ccc(C(C)=O)cc1.[CH3-].[CH3-]. The Labute approximate surface area is 608 Å². The van der Waals surface area contributed by atoms with Gasteiger partial charge >= 0.3 is 0 Å². The van der Waals surface area contributed by atoms with Gasteiger partial charge in [0.05, 0.1) is 0 Å². The number of benzene rings is 6. The van der Waals surface area contributed by atoms with Crippen LogP contribution in [0.15, 0.2) is 171 Å². The molecule has 2 aliphatic rings. The standard InChI is InChI=1S/2C27H37N2.C11H11O.C10H10O.C3H5.2CF3.2CH3.2Au/c2*1-18(2)22-11-9-12-23(19(3)4)26(22)28-15-16-29(17-28)27-24(20(5)6)13-10-14-25(27)21(7)8;1-3-4-10-5-7-11(8-6-10)9(2)12;1-3-9-4-6-10(7-5-9)8(2)11;1-3-2;2*2-1(3)4;;;;/h2*9-21H,1-8H3;3-8H,1H2,2H3;3-7H,1H2,2H3;3H,1-2H2;;;2*1H3;;/q3*-1;;5*-1;;/b;;4-3+;;;;;;;;. The normalized spacial score (nSPS) is 11.9. The van der Waals surface area contributed by atoms with Gasteiger partial charge in [0.15, 0.2) is 24.9 Å². The molecule has 6 nitrogen and oxygen atoms in total. The third-order valence-corrected chi connectivity index (χ3v) is 14.9. The summed E-state index contributed by atoms with van der Waals surface area (Å²) >= 11 is 0. The molecule has 0 saturated heterocycles. The van der Waals surface area contributed by atoms with Crippen LogP contribution >= 0.6 is 0 Å². The van der Waals surface area contributed by atoms with E-state index in [2.05, 4.69) is 268 Å². The van der Waals surface area contributed by atoms with Crippen molar-refractivity contribution in [3.63, 3.8) is 0 Å². The predicted octanol–water partition coefficient (Wildman–Crippen LogP) is 26.0. The number of carbonyl (C=O) groups excluding carboxylic acids is 2. The third-order valence-electron chi connectivity index (χ3n) is 14.9. The maximum Gasteiger partial charge on any atom is 0.159 e. The first kappa shape index (κ1) is 93.5. The van der Waals surface area contributed by atoms with E-state index in [1.807, 2.05) is 42.5 Å². The molecule has 0 unspecified atom stereocenters. The van der Waals surface area contributed by atoms with E-state index in [4.69, 9.17) is 0 Å². The van der Waals surface area contributed by atoms with Crippen LogP contribution in [-0.4, -0.2) is 11.6 Å². The van der Waals surface area contributed by atoms with Crippen molar-refractivity contribution in [3.05, 3.63) is 294 Å². The van der Waals surface area contributed by atoms with Gasteiger partial charge in [0, 0.05) is 78.6 Å². The quantitative estimate of drug-likeness (QED) is 0.0417. The largest absolute Gasteiger partial charge is 0.479 e. The van der Waals surface area contributed by atoms with Gasteiger partial charge in [-0.05, 0) is 136 Å². The first-order valence-electron chi connectivity index (χ1n) is 31.4. The molecule has 0 atom stereocenters. The molecular formula is C82H106Au2F6N4O2-8. The molecule has 14 heteroatoms. The van der Waals surface area contributed by atoms with Gasteiger partial charge in [-0.3, -0.25) is 9.59 Å². The van der Waals surface area contributed by atoms with E-state index >= 15 is 0 Å². The second-order valence-electron chi connectivity index (χ2n) is 24.5. The summed E-state index contributed by atoms with van der Waals surface area (Å²) in [5.74, 6) is 4.04. The van der Waals surface area contributed by atoms with Crippen LogP contribution in [0.25, 0.3) is 12.2 Å². The van der Waals surface area contributed by atoms with Gasteiger partial charge in [0.2, 0.25) is 0 Å². The number of allylic oxidation sites excluding steroid dienone is 2. The first-order valence-corrected chi connectivity index (χ1v) is 31.4. The van der Waals surface area contributed by atoms with Gasteiger partial charge in [-0.15, -0.1) is 18.9 Å². The Morgan fingerprint density at radius 2 is 0.562 bits per heavy atom. The fourth-order valence-electron chi connectivity index (χ4n) is 10.3. The van der Waals surface area contributed by atoms with Crippen LogP contribution in [0.1, 0.15) is 248 Å². The molecule has 0 aliphatic carbocycles. The van der Waals surface area contributed by atoms with Crippen molar-refractivity contribution in [1.29, 1.82) is 0 Å². The van der Waals surface area contributed by atoms with Crippen molar-refractivity contribution >= 4 is 46.5 Å². The van der Waals surface area contributed by atoms with Crippen molar-refractivity contribution < 1.29 is 80.7 Å². The Bertz CT molecular complexity index is 2910. The molecule has 538 valence electrons. The van der Waals surface area contributed by atoms with Gasteiger partial charge in [-0.2, -0.15) is 0 Å². The minimum atomic E-state index is -3.08. The van der Waals surface area contributed by atoms with E-state index in [0.717, 1.165) is 22.3 Å². The summed E-state index contributed by atoms with van der Waals surface area (Å²) < 4.78 is 57.5. The van der Waals surface area contributed by atoms with Crippen molar-refractivity contribution in [2.75, 3.05) is 19.6 Å². The molecule has 0 spiro atoms. The number of anilines is 4. The van der Waals surface area contributed by atoms with Gasteiger partial charge < -0.3 is 60.8 Å². The van der Waals surface area contributed by atoms with Crippen LogP contribution in [0.3, 0.4) is 0 Å². The van der Waals surface area contributed by atoms with Gasteiger partial charge in [-0.1, -0.05) is 245 Å². The zero-order valence-corrected chi connectivity index (χ0v) is 64.6. The number of nitrogens with zero attached hydrogens (tertiary/aromatic N) is 4. The van der Waals surface area contributed by atoms with Gasteiger partial charge in [0.25, 0.3) is 0 Å². The summed E-state index contributed by atoms with van der Waals surface area (Å²) in [7, 11) is 0. The number of halogens is 6. The van der Waals surface area contributed by atoms with E-state index in [-0.39, 0.29) is 71.2 Å². The fourth-order valence-corrected chi connectivity index (χ4v) is 10.3. The second kappa shape index (κ2) is 47.3. The van der Waals surface area contributed by atoms with Crippen molar-refractivity contribution in [1.82, 2.24) is 0 Å². The Balaban J connectivity index is -0.00000119. The number of hydrogen-bond donors (Lipinski definition) is 0. The summed E-state index contributed by atoms with van der Waals surface area (Å²) in [6.45, 7) is 51.7. The zero-order valence-electron chi connectivity index (χ0n) is 60.2. The Morgan fingerprint density at radius 1 is 0.385 bits per heavy atom. The predicted molar refractivity (Wildman–Crippen MR) is 394 cm³/mol. The molecule has 8 rings (SSSR count). The van der Waals surface area contributed by atoms with E-state index in [0.29, 0.717) is 47.3 Å². The van der Waals surface area contributed by atoms with Crippen LogP contribution in [0.5, 0.6) is 0 Å². The molecule has 6 aromatic rings. The maximum absolute atomic E-state index is 10.9. The summed E-state index contributed by atoms with van der Waals surface area (Å²) in [4.78, 5) is 31.0. The fraction of sp³-hybridized carbons (Fsp3) is 0.317. The van der Waals surface area contributed by atoms with E-state index in [1.54, 1.807) is 38.1 Å². The number of hydrogen-bond acceptors (Lipinski definition) is 6. The number of ketones is 2. The number of rotatable bonds is 16. The molecule has 0 bridgehead atoms. The van der Waals surface area contributed by atoms with E-state index in [1.165, 1.54) is 73.3 Å². The van der Waals surface area contributed by atoms with Crippen LogP contribution in [0.4, 0.5) is 49.1 Å². The molecule has 0 aromatic heterocycles. The molecule has 96 heavy (non-hydrogen) atoms. The minimum absolute atomic E-state index is 0. The van der Waals surface area contributed by atoms with E-state index < -0.39 is 13.4 Å². The van der Waals surface area contributed by atoms with Crippen molar-refractivity contribution in [3.8, 4) is 0 Å². The summed E-state index contributed by atoms with van der Waals surface area (Å²) in [5, 5.41) is 0. The Morgan fingerprint density at radius 3 is 0.708 bits per heavy atom. The molecular weight excluding hydrogens is 1580 g/mol. The van der Waals surface area contributed by atoms with Gasteiger partial charge in [0.1, 0.15) is 0 Å². The molecule has 0 N–H and O–H groups in total. The monoisotopic (exact) mass is 1690 g/mol. The summed E-state index contributed by atoms with van der Waals surface area (Å²) in [5.41, 5.74) is 20.2. The first-order chi connectivity index (χ1) is 43.3. The Kier molecular flexibility index (Phi) is 46.1. The number of carbonyl (C=O) groups is 2. The molecule has 0 amide bonds. The molecule has 0 saturated carbocycles. The van der Waals surface area contributed by atoms with Crippen molar-refractivity contribution in [2.24, 2.45) is 0 Å². The molecule has 2 radical (unpaired) electrons. The van der Waals surface area contributed by atoms with Crippen LogP contribution in [-0.2, 0) is 44.8 Å². The Hall–Kier alpha value is -6.64. The smallest absolute Gasteiger partial charge is 0.159 e. The van der Waals surface area contributed by atoms with Gasteiger partial charge in [-0.25, -0.2) is 38.7 Å².